The molecule has 2 aliphatic heterocycles. The summed E-state index contributed by atoms with van der Waals surface area (Å²) in [5, 5.41) is 8.72. The summed E-state index contributed by atoms with van der Waals surface area (Å²) in [6.45, 7) is 0.708. The second kappa shape index (κ2) is 5.18. The Labute approximate surface area is 123 Å². The van der Waals surface area contributed by atoms with Gasteiger partial charge in [-0.05, 0) is 6.07 Å². The van der Waals surface area contributed by atoms with Crippen molar-refractivity contribution in [1.82, 2.24) is 9.03 Å². The molecule has 1 fully saturated rings. The van der Waals surface area contributed by atoms with Gasteiger partial charge in [0.1, 0.15) is 6.61 Å². The van der Waals surface area contributed by atoms with Gasteiger partial charge in [-0.15, -0.1) is 0 Å². The smallest absolute Gasteiger partial charge is 0.280 e. The van der Waals surface area contributed by atoms with E-state index in [4.69, 9.17) is 14.7 Å². The highest BCUT2D eigenvalue weighted by Gasteiger charge is 2.39. The summed E-state index contributed by atoms with van der Waals surface area (Å²) in [5.74, 6) is 0.947. The van der Waals surface area contributed by atoms with E-state index in [-0.39, 0.29) is 25.6 Å². The van der Waals surface area contributed by atoms with E-state index in [9.17, 15) is 8.42 Å². The lowest BCUT2D eigenvalue weighted by Crippen LogP contribution is -2.54. The fraction of sp³-hybridized carbons (Fsp3) is 0.462. The van der Waals surface area contributed by atoms with Crippen LogP contribution in [0.4, 0.5) is 0 Å². The van der Waals surface area contributed by atoms with Crippen LogP contribution in [0.2, 0.25) is 0 Å². The minimum atomic E-state index is -3.60. The molecule has 8 heteroatoms. The van der Waals surface area contributed by atoms with Crippen LogP contribution < -0.4 is 14.2 Å². The summed E-state index contributed by atoms with van der Waals surface area (Å²) >= 11 is 0. The van der Waals surface area contributed by atoms with E-state index in [0.29, 0.717) is 11.5 Å². The van der Waals surface area contributed by atoms with Crippen LogP contribution in [0.1, 0.15) is 11.6 Å². The molecule has 1 saturated heterocycles. The Hall–Kier alpha value is -1.82. The molecule has 1 N–H and O–H groups in total. The molecule has 3 rings (SSSR count). The molecule has 2 aliphatic rings. The Morgan fingerprint density at radius 1 is 1.48 bits per heavy atom. The van der Waals surface area contributed by atoms with Crippen LogP contribution in [-0.2, 0) is 10.2 Å². The fourth-order valence-corrected chi connectivity index (χ4v) is 3.90. The maximum absolute atomic E-state index is 12.2. The number of hydrogen-bond acceptors (Lipinski definition) is 5. The molecule has 0 amide bonds. The van der Waals surface area contributed by atoms with Crippen LogP contribution in [0.25, 0.3) is 0 Å². The number of para-hydroxylation sites is 1. The highest BCUT2D eigenvalue weighted by molar-refractivity contribution is 7.87. The van der Waals surface area contributed by atoms with Crippen LogP contribution >= 0.6 is 0 Å². The van der Waals surface area contributed by atoms with Gasteiger partial charge in [0.25, 0.3) is 10.2 Å². The highest BCUT2D eigenvalue weighted by Crippen LogP contribution is 2.40. The van der Waals surface area contributed by atoms with Crippen molar-refractivity contribution in [2.24, 2.45) is 5.92 Å². The fourth-order valence-electron chi connectivity index (χ4n) is 2.45. The van der Waals surface area contributed by atoms with Crippen LogP contribution in [0.3, 0.4) is 0 Å². The minimum Gasteiger partial charge on any atom is -0.493 e. The molecule has 0 saturated carbocycles. The van der Waals surface area contributed by atoms with Crippen LogP contribution in [0.15, 0.2) is 18.2 Å². The molecular formula is C13H15N3O4S. The number of nitrogens with one attached hydrogen (secondary N) is 1. The number of nitriles is 1. The second-order valence-corrected chi connectivity index (χ2v) is 6.71. The number of ether oxygens (including phenoxy) is 2. The summed E-state index contributed by atoms with van der Waals surface area (Å²) in [4.78, 5) is 0. The molecule has 21 heavy (non-hydrogen) atoms. The summed E-state index contributed by atoms with van der Waals surface area (Å²) in [5.41, 5.74) is 0.760. The van der Waals surface area contributed by atoms with Crippen LogP contribution in [0, 0.1) is 17.2 Å². The normalized spacial score (nSPS) is 22.0. The van der Waals surface area contributed by atoms with E-state index in [2.05, 4.69) is 10.8 Å². The van der Waals surface area contributed by atoms with Gasteiger partial charge in [-0.25, -0.2) is 0 Å². The number of rotatable bonds is 4. The number of nitrogens with zero attached hydrogens (tertiary/aromatic N) is 2. The molecule has 1 atom stereocenters. The Kier molecular flexibility index (Phi) is 3.49. The maximum atomic E-state index is 12.2. The lowest BCUT2D eigenvalue weighted by molar-refractivity contribution is 0.241. The van der Waals surface area contributed by atoms with Crippen molar-refractivity contribution in [2.75, 3.05) is 26.8 Å². The first-order chi connectivity index (χ1) is 10.0. The lowest BCUT2D eigenvalue weighted by Gasteiger charge is -2.34. The first-order valence-corrected chi connectivity index (χ1v) is 7.96. The summed E-state index contributed by atoms with van der Waals surface area (Å²) in [6.07, 6.45) is 0. The van der Waals surface area contributed by atoms with Crippen molar-refractivity contribution in [3.05, 3.63) is 23.8 Å². The van der Waals surface area contributed by atoms with Crippen molar-refractivity contribution in [3.63, 3.8) is 0 Å². The molecule has 0 spiro atoms. The van der Waals surface area contributed by atoms with Gasteiger partial charge in [-0.2, -0.15) is 22.7 Å². The predicted molar refractivity (Wildman–Crippen MR) is 74.0 cm³/mol. The Bertz CT molecular complexity index is 692. The Morgan fingerprint density at radius 2 is 2.24 bits per heavy atom. The zero-order chi connectivity index (χ0) is 15.0. The molecule has 0 aliphatic carbocycles. The number of fused-ring (bicyclic) bond motifs is 1. The summed E-state index contributed by atoms with van der Waals surface area (Å²) in [7, 11) is -2.06. The van der Waals surface area contributed by atoms with Gasteiger partial charge in [0, 0.05) is 18.7 Å². The zero-order valence-electron chi connectivity index (χ0n) is 11.4. The number of benzene rings is 1. The van der Waals surface area contributed by atoms with Gasteiger partial charge >= 0.3 is 0 Å². The Morgan fingerprint density at radius 3 is 2.90 bits per heavy atom. The van der Waals surface area contributed by atoms with Gasteiger partial charge in [-0.1, -0.05) is 12.1 Å². The van der Waals surface area contributed by atoms with E-state index in [1.165, 1.54) is 4.31 Å². The van der Waals surface area contributed by atoms with E-state index >= 15 is 0 Å². The molecule has 0 radical (unpaired) electrons. The summed E-state index contributed by atoms with van der Waals surface area (Å²) < 4.78 is 39.0. The van der Waals surface area contributed by atoms with Crippen molar-refractivity contribution < 1.29 is 17.9 Å². The molecule has 112 valence electrons. The van der Waals surface area contributed by atoms with Crippen LogP contribution in [-0.4, -0.2) is 39.5 Å². The van der Waals surface area contributed by atoms with Crippen molar-refractivity contribution in [3.8, 4) is 17.6 Å². The SMILES string of the molecule is COc1cccc2c1OCC2NS(=O)(=O)N1CC(C#N)C1. The van der Waals surface area contributed by atoms with E-state index in [0.717, 1.165) is 5.56 Å². The first-order valence-electron chi connectivity index (χ1n) is 6.52. The molecule has 1 unspecified atom stereocenters. The third-order valence-corrected chi connectivity index (χ3v) is 5.22. The van der Waals surface area contributed by atoms with E-state index in [1.807, 2.05) is 6.07 Å². The van der Waals surface area contributed by atoms with Crippen molar-refractivity contribution >= 4 is 10.2 Å². The molecule has 1 aromatic carbocycles. The topological polar surface area (TPSA) is 91.7 Å². The molecule has 0 bridgehead atoms. The Balaban J connectivity index is 1.76. The highest BCUT2D eigenvalue weighted by atomic mass is 32.2. The molecule has 1 aromatic rings. The quantitative estimate of drug-likeness (QED) is 0.870. The standard InChI is InChI=1S/C13H15N3O4S/c1-19-12-4-2-3-10-11(8-20-13(10)12)15-21(17,18)16-6-9(5-14)7-16/h2-4,9,11,15H,6-8H2,1H3. The van der Waals surface area contributed by atoms with Gasteiger partial charge in [0.15, 0.2) is 11.5 Å². The van der Waals surface area contributed by atoms with Crippen LogP contribution in [0.5, 0.6) is 11.5 Å². The van der Waals surface area contributed by atoms with Gasteiger partial charge in [0.05, 0.1) is 25.1 Å². The third kappa shape index (κ3) is 2.44. The minimum absolute atomic E-state index is 0.214. The first kappa shape index (κ1) is 14.1. The van der Waals surface area contributed by atoms with Crippen molar-refractivity contribution in [1.29, 1.82) is 5.26 Å². The average molecular weight is 309 g/mol. The van der Waals surface area contributed by atoms with E-state index in [1.54, 1.807) is 19.2 Å². The molecule has 0 aromatic heterocycles. The predicted octanol–water partition coefficient (Wildman–Crippen LogP) is 0.418. The largest absolute Gasteiger partial charge is 0.493 e. The van der Waals surface area contributed by atoms with Gasteiger partial charge in [0.2, 0.25) is 0 Å². The molecule has 7 nitrogen and oxygen atoms in total. The van der Waals surface area contributed by atoms with E-state index < -0.39 is 16.3 Å². The number of methoxy groups -OCH3 is 1. The summed E-state index contributed by atoms with van der Waals surface area (Å²) in [6, 6.07) is 6.98. The van der Waals surface area contributed by atoms with Gasteiger partial charge < -0.3 is 9.47 Å². The third-order valence-electron chi connectivity index (χ3n) is 3.66. The zero-order valence-corrected chi connectivity index (χ0v) is 12.3. The molecule has 2 heterocycles. The number of hydrogen-bond donors (Lipinski definition) is 1. The van der Waals surface area contributed by atoms with Gasteiger partial charge in [-0.3, -0.25) is 0 Å². The monoisotopic (exact) mass is 309 g/mol. The molecular weight excluding hydrogens is 294 g/mol. The van der Waals surface area contributed by atoms with Crippen molar-refractivity contribution in [2.45, 2.75) is 6.04 Å². The lowest BCUT2D eigenvalue weighted by atomic mass is 10.1. The maximum Gasteiger partial charge on any atom is 0.280 e. The second-order valence-electron chi connectivity index (χ2n) is 5.01. The average Bonchev–Trinajstić information content (AvgIpc) is 2.80.